The van der Waals surface area contributed by atoms with E-state index in [-0.39, 0.29) is 18.9 Å². The van der Waals surface area contributed by atoms with E-state index >= 15 is 0 Å². The highest BCUT2D eigenvalue weighted by Crippen LogP contribution is 2.18. The van der Waals surface area contributed by atoms with Crippen LogP contribution in [0, 0.1) is 13.8 Å². The fourth-order valence-electron chi connectivity index (χ4n) is 3.15. The van der Waals surface area contributed by atoms with Gasteiger partial charge in [-0.2, -0.15) is 0 Å². The number of nitrogens with one attached hydrogen (secondary N) is 1. The summed E-state index contributed by atoms with van der Waals surface area (Å²) in [7, 11) is 0. The van der Waals surface area contributed by atoms with Gasteiger partial charge in [0.15, 0.2) is 6.61 Å². The molecule has 0 saturated heterocycles. The van der Waals surface area contributed by atoms with Crippen LogP contribution in [-0.2, 0) is 33.8 Å². The van der Waals surface area contributed by atoms with E-state index in [9.17, 15) is 9.59 Å². The molecule has 1 amide bonds. The second-order valence-electron chi connectivity index (χ2n) is 7.51. The molecule has 1 heterocycles. The lowest BCUT2D eigenvalue weighted by Gasteiger charge is -2.08. The number of aryl methyl sites for hydroxylation is 3. The lowest BCUT2D eigenvalue weighted by atomic mass is 10.1. The third-order valence-electron chi connectivity index (χ3n) is 5.01. The predicted octanol–water partition coefficient (Wildman–Crippen LogP) is 3.71. The molecule has 1 N–H and O–H groups in total. The summed E-state index contributed by atoms with van der Waals surface area (Å²) < 4.78 is 16.0. The number of rotatable bonds is 11. The summed E-state index contributed by atoms with van der Waals surface area (Å²) in [6.07, 6.45) is 1.80. The number of benzene rings is 2. The molecule has 7 heteroatoms. The number of carbonyl (C=O) groups excluding carboxylic acids is 2. The molecule has 168 valence electrons. The topological polar surface area (TPSA) is 90.7 Å². The van der Waals surface area contributed by atoms with Gasteiger partial charge in [-0.1, -0.05) is 47.6 Å². The molecule has 0 spiro atoms. The zero-order valence-electron chi connectivity index (χ0n) is 18.4. The first-order chi connectivity index (χ1) is 15.5. The first-order valence-electron chi connectivity index (χ1n) is 10.6. The Hall–Kier alpha value is -3.61. The van der Waals surface area contributed by atoms with Gasteiger partial charge < -0.3 is 19.3 Å². The van der Waals surface area contributed by atoms with Crippen molar-refractivity contribution in [2.24, 2.45) is 0 Å². The van der Waals surface area contributed by atoms with Crippen molar-refractivity contribution in [3.63, 3.8) is 0 Å². The lowest BCUT2D eigenvalue weighted by Crippen LogP contribution is -2.30. The molecule has 0 aliphatic rings. The lowest BCUT2D eigenvalue weighted by molar-refractivity contribution is -0.147. The Kier molecular flexibility index (Phi) is 8.43. The van der Waals surface area contributed by atoms with Crippen LogP contribution in [0.25, 0.3) is 0 Å². The Morgan fingerprint density at radius 1 is 1.00 bits per heavy atom. The SMILES string of the molecule is Cc1noc(C)c1COc1ccc(CC(=O)OCC(=O)NCCCc2ccccc2)cc1. The zero-order chi connectivity index (χ0) is 22.8. The molecule has 0 saturated carbocycles. The molecule has 0 bridgehead atoms. The van der Waals surface area contributed by atoms with Gasteiger partial charge in [0.05, 0.1) is 17.7 Å². The number of aromatic nitrogens is 1. The third-order valence-corrected chi connectivity index (χ3v) is 5.01. The van der Waals surface area contributed by atoms with Crippen molar-refractivity contribution >= 4 is 11.9 Å². The standard InChI is InChI=1S/C25H28N2O5/c1-18-23(19(2)32-27-18)16-30-22-12-10-21(11-13-22)15-25(29)31-17-24(28)26-14-6-9-20-7-4-3-5-8-20/h3-5,7-8,10-13H,6,9,14-17H2,1-2H3,(H,26,28). The van der Waals surface area contributed by atoms with Gasteiger partial charge >= 0.3 is 5.97 Å². The van der Waals surface area contributed by atoms with Gasteiger partial charge in [0.2, 0.25) is 0 Å². The molecule has 7 nitrogen and oxygen atoms in total. The van der Waals surface area contributed by atoms with Crippen LogP contribution >= 0.6 is 0 Å². The highest BCUT2D eigenvalue weighted by molar-refractivity contribution is 5.81. The van der Waals surface area contributed by atoms with E-state index in [1.165, 1.54) is 5.56 Å². The second kappa shape index (κ2) is 11.7. The van der Waals surface area contributed by atoms with Crippen LogP contribution in [0.15, 0.2) is 59.1 Å². The smallest absolute Gasteiger partial charge is 0.310 e. The fourth-order valence-corrected chi connectivity index (χ4v) is 3.15. The molecular weight excluding hydrogens is 408 g/mol. The molecule has 32 heavy (non-hydrogen) atoms. The van der Waals surface area contributed by atoms with Crippen LogP contribution in [0.1, 0.15) is 34.6 Å². The van der Waals surface area contributed by atoms with Gasteiger partial charge in [0.25, 0.3) is 5.91 Å². The maximum absolute atomic E-state index is 12.0. The summed E-state index contributed by atoms with van der Waals surface area (Å²) in [4.78, 5) is 23.9. The molecule has 2 aromatic carbocycles. The summed E-state index contributed by atoms with van der Waals surface area (Å²) in [5.41, 5.74) is 3.74. The zero-order valence-corrected chi connectivity index (χ0v) is 18.4. The van der Waals surface area contributed by atoms with Crippen molar-refractivity contribution in [2.45, 2.75) is 39.7 Å². The third kappa shape index (κ3) is 7.27. The van der Waals surface area contributed by atoms with Gasteiger partial charge in [0, 0.05) is 6.54 Å². The molecule has 3 rings (SSSR count). The van der Waals surface area contributed by atoms with Crippen molar-refractivity contribution in [3.05, 3.63) is 82.7 Å². The van der Waals surface area contributed by atoms with E-state index in [2.05, 4.69) is 22.6 Å². The van der Waals surface area contributed by atoms with Crippen LogP contribution in [0.3, 0.4) is 0 Å². The minimum absolute atomic E-state index is 0.0887. The van der Waals surface area contributed by atoms with Gasteiger partial charge in [-0.25, -0.2) is 0 Å². The maximum Gasteiger partial charge on any atom is 0.310 e. The molecule has 0 fully saturated rings. The molecule has 1 aromatic heterocycles. The Balaban J connectivity index is 1.32. The minimum atomic E-state index is -0.450. The molecule has 3 aromatic rings. The number of esters is 1. The Bertz CT molecular complexity index is 993. The van der Waals surface area contributed by atoms with Crippen molar-refractivity contribution in [3.8, 4) is 5.75 Å². The Labute approximate surface area is 187 Å². The molecule has 0 radical (unpaired) electrons. The van der Waals surface area contributed by atoms with E-state index in [1.807, 2.05) is 32.0 Å². The monoisotopic (exact) mass is 436 g/mol. The molecule has 0 aliphatic heterocycles. The summed E-state index contributed by atoms with van der Waals surface area (Å²) >= 11 is 0. The van der Waals surface area contributed by atoms with E-state index in [0.717, 1.165) is 35.4 Å². The second-order valence-corrected chi connectivity index (χ2v) is 7.51. The number of hydrogen-bond acceptors (Lipinski definition) is 6. The van der Waals surface area contributed by atoms with E-state index in [0.29, 0.717) is 18.9 Å². The van der Waals surface area contributed by atoms with Gasteiger partial charge in [-0.3, -0.25) is 9.59 Å². The van der Waals surface area contributed by atoms with Crippen molar-refractivity contribution in [1.82, 2.24) is 10.5 Å². The van der Waals surface area contributed by atoms with Crippen LogP contribution in [-0.4, -0.2) is 30.2 Å². The van der Waals surface area contributed by atoms with Crippen LogP contribution < -0.4 is 10.1 Å². The summed E-state index contributed by atoms with van der Waals surface area (Å²) in [5, 5.41) is 6.67. The summed E-state index contributed by atoms with van der Waals surface area (Å²) in [6, 6.07) is 17.3. The molecule has 0 atom stereocenters. The summed E-state index contributed by atoms with van der Waals surface area (Å²) in [5.74, 6) is 0.669. The highest BCUT2D eigenvalue weighted by Gasteiger charge is 2.11. The predicted molar refractivity (Wildman–Crippen MR) is 119 cm³/mol. The van der Waals surface area contributed by atoms with Crippen molar-refractivity contribution < 1.29 is 23.6 Å². The number of amides is 1. The fraction of sp³-hybridized carbons (Fsp3) is 0.320. The Morgan fingerprint density at radius 3 is 2.44 bits per heavy atom. The Morgan fingerprint density at radius 2 is 1.75 bits per heavy atom. The minimum Gasteiger partial charge on any atom is -0.489 e. The maximum atomic E-state index is 12.0. The van der Waals surface area contributed by atoms with E-state index in [1.54, 1.807) is 24.3 Å². The molecule has 0 aliphatic carbocycles. The molecular formula is C25H28N2O5. The van der Waals surface area contributed by atoms with E-state index in [4.69, 9.17) is 14.0 Å². The van der Waals surface area contributed by atoms with Crippen LogP contribution in [0.4, 0.5) is 0 Å². The number of carbonyl (C=O) groups is 2. The van der Waals surface area contributed by atoms with Crippen LogP contribution in [0.2, 0.25) is 0 Å². The first kappa shape index (κ1) is 23.1. The van der Waals surface area contributed by atoms with E-state index < -0.39 is 5.97 Å². The van der Waals surface area contributed by atoms with Gasteiger partial charge in [-0.05, 0) is 49.9 Å². The number of hydrogen-bond donors (Lipinski definition) is 1. The first-order valence-corrected chi connectivity index (χ1v) is 10.6. The quantitative estimate of drug-likeness (QED) is 0.364. The van der Waals surface area contributed by atoms with Gasteiger partial charge in [0.1, 0.15) is 18.1 Å². The summed E-state index contributed by atoms with van der Waals surface area (Å²) in [6.45, 7) is 4.35. The average molecular weight is 437 g/mol. The van der Waals surface area contributed by atoms with Crippen LogP contribution in [0.5, 0.6) is 5.75 Å². The van der Waals surface area contributed by atoms with Crippen molar-refractivity contribution in [1.29, 1.82) is 0 Å². The number of nitrogens with zero attached hydrogens (tertiary/aromatic N) is 1. The number of ether oxygens (including phenoxy) is 2. The highest BCUT2D eigenvalue weighted by atomic mass is 16.5. The van der Waals surface area contributed by atoms with Gasteiger partial charge in [-0.15, -0.1) is 0 Å². The average Bonchev–Trinajstić information content (AvgIpc) is 3.13. The largest absolute Gasteiger partial charge is 0.489 e. The van der Waals surface area contributed by atoms with Crippen molar-refractivity contribution in [2.75, 3.05) is 13.2 Å². The normalized spacial score (nSPS) is 10.6. The molecule has 0 unspecified atom stereocenters.